The Bertz CT molecular complexity index is 920. The van der Waals surface area contributed by atoms with Crippen molar-refractivity contribution >= 4 is 40.7 Å². The Labute approximate surface area is 172 Å². The molecule has 0 bridgehead atoms. The minimum Gasteiger partial charge on any atom is -0.341 e. The van der Waals surface area contributed by atoms with Gasteiger partial charge in [-0.2, -0.15) is 0 Å². The van der Waals surface area contributed by atoms with E-state index in [9.17, 15) is 19.7 Å². The van der Waals surface area contributed by atoms with Gasteiger partial charge in [0.1, 0.15) is 6.04 Å². The molecule has 148 valence electrons. The molecular weight excluding hydrogens is 405 g/mol. The van der Waals surface area contributed by atoms with Gasteiger partial charge in [-0.3, -0.25) is 19.7 Å². The van der Waals surface area contributed by atoms with Crippen LogP contribution in [0.15, 0.2) is 42.5 Å². The summed E-state index contributed by atoms with van der Waals surface area (Å²) < 4.78 is 0. The average Bonchev–Trinajstić information content (AvgIpc) is 2.66. The van der Waals surface area contributed by atoms with E-state index < -0.39 is 16.9 Å². The van der Waals surface area contributed by atoms with Gasteiger partial charge >= 0.3 is 0 Å². The predicted molar refractivity (Wildman–Crippen MR) is 108 cm³/mol. The Balaban J connectivity index is 2.09. The highest BCUT2D eigenvalue weighted by Gasteiger charge is 2.25. The lowest BCUT2D eigenvalue weighted by Crippen LogP contribution is -2.46. The maximum atomic E-state index is 12.7. The van der Waals surface area contributed by atoms with Crippen molar-refractivity contribution in [1.29, 1.82) is 0 Å². The molecule has 2 aromatic rings. The first kappa shape index (κ1) is 21.7. The zero-order chi connectivity index (χ0) is 21.0. The second kappa shape index (κ2) is 9.03. The lowest BCUT2D eigenvalue weighted by atomic mass is 10.1. The third-order valence-electron chi connectivity index (χ3n) is 4.38. The fourth-order valence-corrected chi connectivity index (χ4v) is 3.21. The van der Waals surface area contributed by atoms with Crippen LogP contribution < -0.4 is 5.32 Å². The molecule has 0 heterocycles. The minimum absolute atomic E-state index is 0.102. The Kier molecular flexibility index (Phi) is 6.99. The van der Waals surface area contributed by atoms with Crippen molar-refractivity contribution in [1.82, 2.24) is 10.2 Å². The van der Waals surface area contributed by atoms with Crippen LogP contribution in [-0.4, -0.2) is 34.7 Å². The molecule has 9 heteroatoms. The maximum absolute atomic E-state index is 12.7. The van der Waals surface area contributed by atoms with Crippen LogP contribution in [0.2, 0.25) is 10.0 Å². The number of nitrogens with one attached hydrogen (secondary N) is 1. The van der Waals surface area contributed by atoms with Gasteiger partial charge in [-0.05, 0) is 37.6 Å². The highest BCUT2D eigenvalue weighted by Crippen LogP contribution is 2.29. The fraction of sp³-hybridized carbons (Fsp3) is 0.263. The highest BCUT2D eigenvalue weighted by atomic mass is 35.5. The summed E-state index contributed by atoms with van der Waals surface area (Å²) in [5.74, 6) is -0.910. The SMILES string of the molecule is CC(NC(=O)c1cccc([N+](=O)[O-])c1)C(=O)N(C)C(C)c1ccc(Cl)cc1Cl. The molecule has 1 N–H and O–H groups in total. The molecule has 2 aromatic carbocycles. The van der Waals surface area contributed by atoms with E-state index >= 15 is 0 Å². The highest BCUT2D eigenvalue weighted by molar-refractivity contribution is 6.35. The summed E-state index contributed by atoms with van der Waals surface area (Å²) >= 11 is 12.1. The van der Waals surface area contributed by atoms with E-state index in [4.69, 9.17) is 23.2 Å². The molecule has 0 saturated carbocycles. The summed E-state index contributed by atoms with van der Waals surface area (Å²) in [6.07, 6.45) is 0. The number of nitro benzene ring substituents is 1. The van der Waals surface area contributed by atoms with Gasteiger partial charge in [-0.15, -0.1) is 0 Å². The molecule has 0 aliphatic rings. The van der Waals surface area contributed by atoms with Gasteiger partial charge in [0.15, 0.2) is 0 Å². The average molecular weight is 424 g/mol. The standard InChI is InChI=1S/C19H19Cl2N3O4/c1-11(22-18(25)13-5-4-6-15(9-13)24(27)28)19(26)23(3)12(2)16-8-7-14(20)10-17(16)21/h4-12H,1-3H3,(H,22,25). The molecule has 0 aliphatic carbocycles. The maximum Gasteiger partial charge on any atom is 0.270 e. The smallest absolute Gasteiger partial charge is 0.270 e. The van der Waals surface area contributed by atoms with Gasteiger partial charge in [0, 0.05) is 34.8 Å². The Morgan fingerprint density at radius 2 is 1.82 bits per heavy atom. The molecule has 28 heavy (non-hydrogen) atoms. The number of nitrogens with zero attached hydrogens (tertiary/aromatic N) is 2. The number of carbonyl (C=O) groups excluding carboxylic acids is 2. The van der Waals surface area contributed by atoms with Crippen LogP contribution in [0.1, 0.15) is 35.8 Å². The normalized spacial score (nSPS) is 12.8. The lowest BCUT2D eigenvalue weighted by molar-refractivity contribution is -0.384. The molecule has 0 spiro atoms. The van der Waals surface area contributed by atoms with Crippen molar-refractivity contribution < 1.29 is 14.5 Å². The molecule has 0 fully saturated rings. The van der Waals surface area contributed by atoms with Crippen molar-refractivity contribution in [2.45, 2.75) is 25.9 Å². The summed E-state index contributed by atoms with van der Waals surface area (Å²) in [7, 11) is 1.61. The van der Waals surface area contributed by atoms with Crippen molar-refractivity contribution in [3.8, 4) is 0 Å². The first-order valence-electron chi connectivity index (χ1n) is 8.38. The van der Waals surface area contributed by atoms with Gasteiger partial charge in [-0.25, -0.2) is 0 Å². The first-order valence-corrected chi connectivity index (χ1v) is 9.14. The van der Waals surface area contributed by atoms with Gasteiger partial charge < -0.3 is 10.2 Å². The van der Waals surface area contributed by atoms with Crippen LogP contribution >= 0.6 is 23.2 Å². The molecule has 7 nitrogen and oxygen atoms in total. The number of hydrogen-bond donors (Lipinski definition) is 1. The number of nitro groups is 1. The number of likely N-dealkylation sites (N-methyl/N-ethyl adjacent to an activating group) is 1. The van der Waals surface area contributed by atoms with E-state index in [0.29, 0.717) is 10.0 Å². The van der Waals surface area contributed by atoms with E-state index in [1.54, 1.807) is 32.2 Å². The predicted octanol–water partition coefficient (Wildman–Crippen LogP) is 4.24. The van der Waals surface area contributed by atoms with Crippen molar-refractivity contribution in [3.05, 3.63) is 73.8 Å². The van der Waals surface area contributed by atoms with Crippen LogP contribution in [0.4, 0.5) is 5.69 Å². The van der Waals surface area contributed by atoms with E-state index in [1.807, 2.05) is 6.92 Å². The van der Waals surface area contributed by atoms with Crippen LogP contribution in [0, 0.1) is 10.1 Å². The zero-order valence-corrected chi connectivity index (χ0v) is 17.0. The summed E-state index contributed by atoms with van der Waals surface area (Å²) in [6.45, 7) is 3.35. The number of hydrogen-bond acceptors (Lipinski definition) is 4. The second-order valence-electron chi connectivity index (χ2n) is 6.29. The molecule has 0 aliphatic heterocycles. The van der Waals surface area contributed by atoms with Crippen LogP contribution in [0.25, 0.3) is 0 Å². The topological polar surface area (TPSA) is 92.5 Å². The summed E-state index contributed by atoms with van der Waals surface area (Å²) in [4.78, 5) is 36.8. The van der Waals surface area contributed by atoms with Crippen LogP contribution in [0.3, 0.4) is 0 Å². The van der Waals surface area contributed by atoms with Crippen molar-refractivity contribution in [2.75, 3.05) is 7.05 Å². The fourth-order valence-electron chi connectivity index (χ4n) is 2.65. The first-order chi connectivity index (χ1) is 13.1. The summed E-state index contributed by atoms with van der Waals surface area (Å²) in [5, 5.41) is 14.3. The molecule has 2 atom stereocenters. The Morgan fingerprint density at radius 1 is 1.14 bits per heavy atom. The number of amides is 2. The van der Waals surface area contributed by atoms with Crippen molar-refractivity contribution in [3.63, 3.8) is 0 Å². The second-order valence-corrected chi connectivity index (χ2v) is 7.14. The quantitative estimate of drug-likeness (QED) is 0.555. The molecule has 2 unspecified atom stereocenters. The van der Waals surface area contributed by atoms with Gasteiger partial charge in [0.25, 0.3) is 11.6 Å². The molecule has 0 aromatic heterocycles. The van der Waals surface area contributed by atoms with Crippen LogP contribution in [0.5, 0.6) is 0 Å². The van der Waals surface area contributed by atoms with E-state index in [1.165, 1.54) is 23.1 Å². The number of rotatable bonds is 6. The van der Waals surface area contributed by atoms with Crippen LogP contribution in [-0.2, 0) is 4.79 Å². The zero-order valence-electron chi connectivity index (χ0n) is 15.5. The molecule has 2 amide bonds. The van der Waals surface area contributed by atoms with E-state index in [-0.39, 0.29) is 23.2 Å². The third-order valence-corrected chi connectivity index (χ3v) is 4.94. The third kappa shape index (κ3) is 4.99. The minimum atomic E-state index is -0.842. The largest absolute Gasteiger partial charge is 0.341 e. The summed E-state index contributed by atoms with van der Waals surface area (Å²) in [6, 6.07) is 9.13. The molecule has 2 rings (SSSR count). The van der Waals surface area contributed by atoms with E-state index in [2.05, 4.69) is 5.32 Å². The number of halogens is 2. The van der Waals surface area contributed by atoms with Gasteiger partial charge in [0.05, 0.1) is 11.0 Å². The summed E-state index contributed by atoms with van der Waals surface area (Å²) in [5.41, 5.74) is 0.624. The number of benzene rings is 2. The van der Waals surface area contributed by atoms with Crippen molar-refractivity contribution in [2.24, 2.45) is 0 Å². The number of non-ortho nitro benzene ring substituents is 1. The Hall–Kier alpha value is -2.64. The molecular formula is C19H19Cl2N3O4. The molecule has 0 saturated heterocycles. The number of carbonyl (C=O) groups is 2. The monoisotopic (exact) mass is 423 g/mol. The van der Waals surface area contributed by atoms with Gasteiger partial charge in [0.2, 0.25) is 5.91 Å². The van der Waals surface area contributed by atoms with Gasteiger partial charge in [-0.1, -0.05) is 35.3 Å². The van der Waals surface area contributed by atoms with E-state index in [0.717, 1.165) is 11.6 Å². The Morgan fingerprint density at radius 3 is 2.43 bits per heavy atom. The molecule has 0 radical (unpaired) electrons. The lowest BCUT2D eigenvalue weighted by Gasteiger charge is -2.29.